The van der Waals surface area contributed by atoms with Gasteiger partial charge < -0.3 is 50.4 Å². The Balaban J connectivity index is 0.853. The summed E-state index contributed by atoms with van der Waals surface area (Å²) in [6, 6.07) is 19.2. The highest BCUT2D eigenvalue weighted by Gasteiger charge is 2.44. The zero-order valence-corrected chi connectivity index (χ0v) is 43.8. The van der Waals surface area contributed by atoms with Crippen LogP contribution in [0, 0.1) is 12.3 Å². The smallest absolute Gasteiger partial charge is 0.246 e. The lowest BCUT2D eigenvalue weighted by molar-refractivity contribution is -0.144. The summed E-state index contributed by atoms with van der Waals surface area (Å²) in [6.07, 6.45) is 2.08. The molecule has 5 aromatic rings. The monoisotopic (exact) mass is 1030 g/mol. The second-order valence-electron chi connectivity index (χ2n) is 19.4. The van der Waals surface area contributed by atoms with E-state index in [2.05, 4.69) is 41.1 Å². The number of methoxy groups -OCH3 is 1. The molecule has 0 radical (unpaired) electrons. The molecule has 2 aliphatic heterocycles. The summed E-state index contributed by atoms with van der Waals surface area (Å²) in [7, 11) is -1.00. The first-order valence-corrected chi connectivity index (χ1v) is 27.6. The van der Waals surface area contributed by atoms with Gasteiger partial charge in [-0.15, -0.1) is 11.3 Å². The molecule has 2 saturated heterocycles. The Bertz CT molecular complexity index is 2760. The standard InChI is InChI=1S/C51H64ClN10O7PS/c1-32-45(71-31-55-32)34-18-16-33(17-19-34)28-53-48(66)40-27-36(63)30-62(40)49(67)46(51(2,3)4)58-43(64)14-10-11-15-44(65)61-24-22-60(23-25-61)35-20-21-38(41(26-35)69-5)57-50-54-29-37(52)47(59-50)56-39-12-8-9-13-42(39)70(6,7)68/h8-9,12-13,16-21,26,29,31,36,40,46,63H,10-11,14-15,22-25,27-28,30H2,1-7H3,(H,53,66)(H,58,64)(H2,54,56,57,59)/t36-,40+,46?/m1/s1. The predicted molar refractivity (Wildman–Crippen MR) is 281 cm³/mol. The van der Waals surface area contributed by atoms with E-state index in [1.807, 2.05) is 105 Å². The number of hydrogen-bond acceptors (Lipinski definition) is 14. The molecule has 7 rings (SSSR count). The molecule has 1 unspecified atom stereocenters. The Hall–Kier alpha value is -6.07. The molecule has 0 bridgehead atoms. The minimum atomic E-state index is -2.59. The van der Waals surface area contributed by atoms with Crippen LogP contribution in [0.1, 0.15) is 64.1 Å². The van der Waals surface area contributed by atoms with Crippen molar-refractivity contribution in [1.82, 2.24) is 35.4 Å². The van der Waals surface area contributed by atoms with Crippen molar-refractivity contribution in [2.45, 2.75) is 84.5 Å². The molecule has 17 nitrogen and oxygen atoms in total. The van der Waals surface area contributed by atoms with Crippen LogP contribution in [0.25, 0.3) is 10.4 Å². The van der Waals surface area contributed by atoms with Crippen molar-refractivity contribution in [3.8, 4) is 16.2 Å². The molecule has 20 heteroatoms. The first kappa shape index (κ1) is 52.7. The Morgan fingerprint density at radius 1 is 0.944 bits per heavy atom. The maximum atomic E-state index is 14.1. The molecular formula is C51H64ClN10O7PS. The number of unbranched alkanes of at least 4 members (excludes halogenated alkanes) is 1. The van der Waals surface area contributed by atoms with Crippen molar-refractivity contribution < 1.29 is 33.6 Å². The van der Waals surface area contributed by atoms with Gasteiger partial charge in [0, 0.05) is 75.6 Å². The maximum Gasteiger partial charge on any atom is 0.246 e. The summed E-state index contributed by atoms with van der Waals surface area (Å²) in [5.41, 5.74) is 6.23. The number of aromatic nitrogens is 3. The summed E-state index contributed by atoms with van der Waals surface area (Å²) in [6.45, 7) is 13.5. The van der Waals surface area contributed by atoms with Crippen LogP contribution < -0.4 is 36.2 Å². The number of aliphatic hydroxyl groups is 1. The Morgan fingerprint density at radius 2 is 1.66 bits per heavy atom. The van der Waals surface area contributed by atoms with Crippen LogP contribution in [0.15, 0.2) is 78.4 Å². The van der Waals surface area contributed by atoms with Gasteiger partial charge in [-0.2, -0.15) is 4.98 Å². The summed E-state index contributed by atoms with van der Waals surface area (Å²) < 4.78 is 18.7. The number of benzene rings is 3. The molecule has 3 atom stereocenters. The Labute approximate surface area is 424 Å². The third-order valence-electron chi connectivity index (χ3n) is 12.7. The largest absolute Gasteiger partial charge is 0.494 e. The minimum Gasteiger partial charge on any atom is -0.494 e. The topological polar surface area (TPSA) is 211 Å². The van der Waals surface area contributed by atoms with E-state index in [9.17, 15) is 28.8 Å². The van der Waals surface area contributed by atoms with E-state index in [0.29, 0.717) is 72.3 Å². The third kappa shape index (κ3) is 13.5. The summed E-state index contributed by atoms with van der Waals surface area (Å²) >= 11 is 8.04. The molecule has 3 aromatic carbocycles. The number of carbonyl (C=O) groups is 4. The molecule has 2 aromatic heterocycles. The molecular weight excluding hydrogens is 963 g/mol. The molecule has 4 amide bonds. The van der Waals surface area contributed by atoms with Crippen LogP contribution in [0.3, 0.4) is 0 Å². The number of nitrogens with one attached hydrogen (secondary N) is 4. The van der Waals surface area contributed by atoms with Gasteiger partial charge in [-0.3, -0.25) is 19.2 Å². The quantitative estimate of drug-likeness (QED) is 0.0431. The number of ether oxygens (including phenoxy) is 1. The number of aryl methyl sites for hydroxylation is 1. The van der Waals surface area contributed by atoms with Crippen LogP contribution in [0.5, 0.6) is 5.75 Å². The fourth-order valence-electron chi connectivity index (χ4n) is 8.74. The van der Waals surface area contributed by atoms with E-state index < -0.39 is 36.7 Å². The number of piperazine rings is 1. The van der Waals surface area contributed by atoms with E-state index in [1.165, 1.54) is 11.1 Å². The molecule has 2 aliphatic rings. The molecule has 0 aliphatic carbocycles. The molecule has 0 saturated carbocycles. The van der Waals surface area contributed by atoms with Crippen LogP contribution in [0.4, 0.5) is 28.8 Å². The number of anilines is 5. The number of para-hydroxylation sites is 1. The molecule has 378 valence electrons. The summed E-state index contributed by atoms with van der Waals surface area (Å²) in [4.78, 5) is 74.0. The van der Waals surface area contributed by atoms with Gasteiger partial charge >= 0.3 is 0 Å². The number of hydrogen-bond donors (Lipinski definition) is 5. The lowest BCUT2D eigenvalue weighted by atomic mass is 9.85. The summed E-state index contributed by atoms with van der Waals surface area (Å²) in [5, 5.41) is 23.9. The van der Waals surface area contributed by atoms with E-state index in [1.54, 1.807) is 31.8 Å². The van der Waals surface area contributed by atoms with Gasteiger partial charge in [0.15, 0.2) is 5.82 Å². The number of halogens is 1. The second kappa shape index (κ2) is 23.0. The number of amides is 4. The van der Waals surface area contributed by atoms with Gasteiger partial charge in [0.1, 0.15) is 30.0 Å². The van der Waals surface area contributed by atoms with Gasteiger partial charge in [-0.1, -0.05) is 68.8 Å². The molecule has 2 fully saturated rings. The number of β-amino-alcohol motifs (C(OH)–C–C–N with tert-alkyl or cyclic N) is 1. The van der Waals surface area contributed by atoms with E-state index in [0.717, 1.165) is 27.4 Å². The number of carbonyl (C=O) groups excluding carboxylic acids is 4. The van der Waals surface area contributed by atoms with E-state index in [-0.39, 0.29) is 56.0 Å². The van der Waals surface area contributed by atoms with Gasteiger partial charge in [0.25, 0.3) is 0 Å². The first-order valence-electron chi connectivity index (χ1n) is 23.8. The predicted octanol–water partition coefficient (Wildman–Crippen LogP) is 7.32. The number of aliphatic hydroxyl groups excluding tert-OH is 1. The van der Waals surface area contributed by atoms with Crippen molar-refractivity contribution in [1.29, 1.82) is 0 Å². The van der Waals surface area contributed by atoms with Crippen molar-refractivity contribution >= 4 is 87.8 Å². The second-order valence-corrected chi connectivity index (χ2v) is 23.9. The highest BCUT2D eigenvalue weighted by Crippen LogP contribution is 2.39. The average Bonchev–Trinajstić information content (AvgIpc) is 3.96. The zero-order chi connectivity index (χ0) is 51.0. The Kier molecular flexibility index (Phi) is 17.1. The van der Waals surface area contributed by atoms with Crippen molar-refractivity contribution in [3.63, 3.8) is 0 Å². The number of rotatable bonds is 18. The van der Waals surface area contributed by atoms with Crippen LogP contribution >= 0.6 is 30.1 Å². The van der Waals surface area contributed by atoms with Gasteiger partial charge in [0.05, 0.1) is 46.9 Å². The van der Waals surface area contributed by atoms with E-state index >= 15 is 0 Å². The number of thiazole rings is 1. The van der Waals surface area contributed by atoms with Gasteiger partial charge in [-0.05, 0) is 73.9 Å². The SMILES string of the molecule is COc1cc(N2CCN(C(=O)CCCCC(=O)NC(C(=O)N3C[C@H](O)C[C@H]3C(=O)NCc3ccc(-c4scnc4C)cc3)C(C)(C)C)CC2)ccc1Nc1ncc(Cl)c(Nc2ccccc2P(C)(C)=O)n1. The highest BCUT2D eigenvalue weighted by molar-refractivity contribution is 7.70. The maximum absolute atomic E-state index is 14.1. The zero-order valence-electron chi connectivity index (χ0n) is 41.3. The van der Waals surface area contributed by atoms with Crippen LogP contribution in [-0.2, 0) is 30.3 Å². The fourth-order valence-corrected chi connectivity index (χ4v) is 10.8. The fraction of sp³-hybridized carbons (Fsp3) is 0.431. The third-order valence-corrected chi connectivity index (χ3v) is 15.5. The van der Waals surface area contributed by atoms with Crippen molar-refractivity contribution in [2.24, 2.45) is 5.41 Å². The number of nitrogens with zero attached hydrogens (tertiary/aromatic N) is 6. The van der Waals surface area contributed by atoms with Crippen molar-refractivity contribution in [2.75, 3.05) is 68.7 Å². The summed E-state index contributed by atoms with van der Waals surface area (Å²) in [5.74, 6) is 0.107. The van der Waals surface area contributed by atoms with Crippen molar-refractivity contribution in [3.05, 3.63) is 94.7 Å². The van der Waals surface area contributed by atoms with E-state index in [4.69, 9.17) is 16.3 Å². The number of likely N-dealkylation sites (tertiary alicyclic amines) is 1. The van der Waals surface area contributed by atoms with Crippen LogP contribution in [0.2, 0.25) is 5.02 Å². The van der Waals surface area contributed by atoms with Gasteiger partial charge in [0.2, 0.25) is 29.6 Å². The highest BCUT2D eigenvalue weighted by atomic mass is 35.5. The molecule has 5 N–H and O–H groups in total. The normalized spacial score (nSPS) is 16.6. The van der Waals surface area contributed by atoms with Gasteiger partial charge in [-0.25, -0.2) is 9.97 Å². The average molecular weight is 1030 g/mol. The molecule has 0 spiro atoms. The Morgan fingerprint density at radius 3 is 2.34 bits per heavy atom. The first-order chi connectivity index (χ1) is 33.8. The minimum absolute atomic E-state index is 0.0141. The van der Waals surface area contributed by atoms with Crippen LogP contribution in [-0.4, -0.2) is 125 Å². The molecule has 71 heavy (non-hydrogen) atoms. The lowest BCUT2D eigenvalue weighted by Crippen LogP contribution is -2.57. The lowest BCUT2D eigenvalue weighted by Gasteiger charge is -2.36. The molecule has 4 heterocycles.